The van der Waals surface area contributed by atoms with E-state index in [0.717, 1.165) is 11.1 Å². The van der Waals surface area contributed by atoms with E-state index in [9.17, 15) is 14.7 Å². The molecule has 1 unspecified atom stereocenters. The van der Waals surface area contributed by atoms with Crippen LogP contribution >= 0.6 is 0 Å². The van der Waals surface area contributed by atoms with E-state index in [0.29, 0.717) is 5.69 Å². The van der Waals surface area contributed by atoms with Crippen LogP contribution < -0.4 is 0 Å². The van der Waals surface area contributed by atoms with E-state index >= 15 is 0 Å². The first-order chi connectivity index (χ1) is 13.6. The standard InChI is InChI=1S/C21H21N3O4/c1-23-18(12-13-22-23)19(20(25)26)24(14-16-8-4-2-5-9-16)21(27)28-15-17-10-6-3-7-11-17/h2-13,19H,14-15H2,1H3,(H,25,26). The number of ether oxygens (including phenoxy) is 1. The zero-order valence-electron chi connectivity index (χ0n) is 15.4. The molecule has 1 N–H and O–H groups in total. The molecule has 2 aromatic carbocycles. The second kappa shape index (κ2) is 8.85. The molecule has 0 spiro atoms. The summed E-state index contributed by atoms with van der Waals surface area (Å²) in [5.74, 6) is -1.16. The number of carbonyl (C=O) groups is 2. The first kappa shape index (κ1) is 19.2. The van der Waals surface area contributed by atoms with Gasteiger partial charge in [0.05, 0.1) is 12.2 Å². The minimum absolute atomic E-state index is 0.0582. The number of aliphatic carboxylic acids is 1. The molecule has 0 aliphatic rings. The molecule has 1 atom stereocenters. The highest BCUT2D eigenvalue weighted by Crippen LogP contribution is 2.24. The largest absolute Gasteiger partial charge is 0.479 e. The lowest BCUT2D eigenvalue weighted by molar-refractivity contribution is -0.143. The molecule has 7 nitrogen and oxygen atoms in total. The molecule has 3 aromatic rings. The number of carbonyl (C=O) groups excluding carboxylic acids is 1. The van der Waals surface area contributed by atoms with Crippen molar-refractivity contribution in [2.75, 3.05) is 0 Å². The SMILES string of the molecule is Cn1nccc1C(C(=O)O)N(Cc1ccccc1)C(=O)OCc1ccccc1. The highest BCUT2D eigenvalue weighted by atomic mass is 16.6. The summed E-state index contributed by atoms with van der Waals surface area (Å²) in [6, 6.07) is 18.8. The summed E-state index contributed by atoms with van der Waals surface area (Å²) < 4.78 is 6.87. The number of hydrogen-bond acceptors (Lipinski definition) is 4. The number of nitrogens with zero attached hydrogens (tertiary/aromatic N) is 3. The minimum atomic E-state index is -1.23. The highest BCUT2D eigenvalue weighted by Gasteiger charge is 2.34. The van der Waals surface area contributed by atoms with Crippen molar-refractivity contribution >= 4 is 12.1 Å². The van der Waals surface area contributed by atoms with E-state index in [-0.39, 0.29) is 13.2 Å². The number of carboxylic acid groups (broad SMARTS) is 1. The van der Waals surface area contributed by atoms with Crippen LogP contribution in [0.5, 0.6) is 0 Å². The number of benzene rings is 2. The van der Waals surface area contributed by atoms with Crippen molar-refractivity contribution in [3.63, 3.8) is 0 Å². The van der Waals surface area contributed by atoms with Crippen LogP contribution in [0.15, 0.2) is 72.9 Å². The van der Waals surface area contributed by atoms with Gasteiger partial charge in [-0.1, -0.05) is 60.7 Å². The van der Waals surface area contributed by atoms with Gasteiger partial charge in [-0.2, -0.15) is 5.10 Å². The quantitative estimate of drug-likeness (QED) is 0.680. The molecular formula is C21H21N3O4. The Kier molecular flexibility index (Phi) is 6.06. The Balaban J connectivity index is 1.88. The van der Waals surface area contributed by atoms with Crippen molar-refractivity contribution in [2.45, 2.75) is 19.2 Å². The molecule has 0 fully saturated rings. The second-order valence-corrected chi connectivity index (χ2v) is 6.27. The van der Waals surface area contributed by atoms with Gasteiger partial charge in [-0.15, -0.1) is 0 Å². The van der Waals surface area contributed by atoms with Crippen molar-refractivity contribution in [2.24, 2.45) is 7.05 Å². The number of hydrogen-bond donors (Lipinski definition) is 1. The lowest BCUT2D eigenvalue weighted by atomic mass is 10.1. The van der Waals surface area contributed by atoms with Crippen LogP contribution in [0, 0.1) is 0 Å². The monoisotopic (exact) mass is 379 g/mol. The van der Waals surface area contributed by atoms with Gasteiger partial charge in [-0.05, 0) is 17.2 Å². The summed E-state index contributed by atoms with van der Waals surface area (Å²) in [5.41, 5.74) is 2.01. The Bertz CT molecular complexity index is 925. The average molecular weight is 379 g/mol. The lowest BCUT2D eigenvalue weighted by Crippen LogP contribution is -2.39. The molecule has 0 radical (unpaired) electrons. The smallest absolute Gasteiger partial charge is 0.411 e. The number of carboxylic acids is 1. The van der Waals surface area contributed by atoms with Gasteiger partial charge in [0.15, 0.2) is 6.04 Å². The number of aryl methyl sites for hydroxylation is 1. The molecule has 1 amide bonds. The third-order valence-electron chi connectivity index (χ3n) is 4.32. The van der Waals surface area contributed by atoms with Gasteiger partial charge in [0.1, 0.15) is 6.61 Å². The third-order valence-corrected chi connectivity index (χ3v) is 4.32. The van der Waals surface area contributed by atoms with Gasteiger partial charge in [-0.25, -0.2) is 9.59 Å². The van der Waals surface area contributed by atoms with Crippen molar-refractivity contribution in [3.05, 3.63) is 89.7 Å². The maximum Gasteiger partial charge on any atom is 0.411 e. The van der Waals surface area contributed by atoms with E-state index in [1.807, 2.05) is 60.7 Å². The molecule has 3 rings (SSSR count). The normalized spacial score (nSPS) is 11.6. The molecule has 1 heterocycles. The van der Waals surface area contributed by atoms with Crippen LogP contribution in [0.25, 0.3) is 0 Å². The second-order valence-electron chi connectivity index (χ2n) is 6.27. The predicted octanol–water partition coefficient (Wildman–Crippen LogP) is 3.38. The molecular weight excluding hydrogens is 358 g/mol. The molecule has 0 saturated heterocycles. The Morgan fingerprint density at radius 2 is 1.64 bits per heavy atom. The van der Waals surface area contributed by atoms with Crippen LogP contribution in [0.3, 0.4) is 0 Å². The Morgan fingerprint density at radius 3 is 2.18 bits per heavy atom. The average Bonchev–Trinajstić information content (AvgIpc) is 3.12. The van der Waals surface area contributed by atoms with Gasteiger partial charge < -0.3 is 9.84 Å². The van der Waals surface area contributed by atoms with Crippen LogP contribution in [0.1, 0.15) is 22.9 Å². The fourth-order valence-electron chi connectivity index (χ4n) is 2.92. The van der Waals surface area contributed by atoms with Crippen molar-refractivity contribution in [1.82, 2.24) is 14.7 Å². The first-order valence-electron chi connectivity index (χ1n) is 8.78. The van der Waals surface area contributed by atoms with Crippen LogP contribution in [-0.4, -0.2) is 31.8 Å². The highest BCUT2D eigenvalue weighted by molar-refractivity contribution is 5.81. The summed E-state index contributed by atoms with van der Waals surface area (Å²) in [6.45, 7) is 0.152. The van der Waals surface area contributed by atoms with Gasteiger partial charge in [-0.3, -0.25) is 9.58 Å². The van der Waals surface area contributed by atoms with E-state index in [2.05, 4.69) is 5.10 Å². The number of rotatable bonds is 7. The number of amides is 1. The third kappa shape index (κ3) is 4.56. The van der Waals surface area contributed by atoms with Crippen LogP contribution in [-0.2, 0) is 29.7 Å². The lowest BCUT2D eigenvalue weighted by Gasteiger charge is -2.28. The van der Waals surface area contributed by atoms with E-state index in [4.69, 9.17) is 4.74 Å². The zero-order valence-corrected chi connectivity index (χ0v) is 15.4. The Hall–Kier alpha value is -3.61. The molecule has 144 valence electrons. The molecule has 28 heavy (non-hydrogen) atoms. The van der Waals surface area contributed by atoms with Gasteiger partial charge in [0.25, 0.3) is 0 Å². The molecule has 0 aliphatic heterocycles. The van der Waals surface area contributed by atoms with E-state index < -0.39 is 18.1 Å². The molecule has 0 saturated carbocycles. The van der Waals surface area contributed by atoms with Gasteiger partial charge in [0, 0.05) is 13.2 Å². The van der Waals surface area contributed by atoms with E-state index in [1.165, 1.54) is 15.8 Å². The first-order valence-corrected chi connectivity index (χ1v) is 8.78. The topological polar surface area (TPSA) is 84.7 Å². The molecule has 0 bridgehead atoms. The fraction of sp³-hybridized carbons (Fsp3) is 0.190. The maximum absolute atomic E-state index is 12.9. The summed E-state index contributed by atoms with van der Waals surface area (Å²) in [4.78, 5) is 26.2. The predicted molar refractivity (Wildman–Crippen MR) is 102 cm³/mol. The van der Waals surface area contributed by atoms with Gasteiger partial charge >= 0.3 is 12.1 Å². The molecule has 0 aliphatic carbocycles. The summed E-state index contributed by atoms with van der Waals surface area (Å²) in [6.07, 6.45) is 0.794. The Morgan fingerprint density at radius 1 is 1.04 bits per heavy atom. The molecule has 1 aromatic heterocycles. The Labute approximate surface area is 162 Å². The van der Waals surface area contributed by atoms with E-state index in [1.54, 1.807) is 13.1 Å². The minimum Gasteiger partial charge on any atom is -0.479 e. The summed E-state index contributed by atoms with van der Waals surface area (Å²) >= 11 is 0. The molecule has 7 heteroatoms. The fourth-order valence-corrected chi connectivity index (χ4v) is 2.92. The maximum atomic E-state index is 12.9. The van der Waals surface area contributed by atoms with Crippen molar-refractivity contribution < 1.29 is 19.4 Å². The zero-order chi connectivity index (χ0) is 19.9. The van der Waals surface area contributed by atoms with Crippen LogP contribution in [0.4, 0.5) is 4.79 Å². The summed E-state index contributed by atoms with van der Waals surface area (Å²) in [5, 5.41) is 13.9. The van der Waals surface area contributed by atoms with Crippen LogP contribution in [0.2, 0.25) is 0 Å². The summed E-state index contributed by atoms with van der Waals surface area (Å²) in [7, 11) is 1.64. The van der Waals surface area contributed by atoms with Crippen molar-refractivity contribution in [3.8, 4) is 0 Å². The van der Waals surface area contributed by atoms with Crippen molar-refractivity contribution in [1.29, 1.82) is 0 Å². The number of aromatic nitrogens is 2. The van der Waals surface area contributed by atoms with Gasteiger partial charge in [0.2, 0.25) is 0 Å².